The SMILES string of the molecule is COc1cc(Br)c(CCC(=O)Nc2ccc(C(C)(C)C)cc2Br)cc1OC. The van der Waals surface area contributed by atoms with Gasteiger partial charge in [0.25, 0.3) is 0 Å². The summed E-state index contributed by atoms with van der Waals surface area (Å²) in [4.78, 5) is 12.4. The number of benzene rings is 2. The molecule has 0 saturated carbocycles. The Morgan fingerprint density at radius 1 is 1.00 bits per heavy atom. The van der Waals surface area contributed by atoms with Gasteiger partial charge in [-0.3, -0.25) is 4.79 Å². The summed E-state index contributed by atoms with van der Waals surface area (Å²) in [6.07, 6.45) is 0.950. The van der Waals surface area contributed by atoms with Gasteiger partial charge in [0.1, 0.15) is 0 Å². The molecular weight excluding hydrogens is 474 g/mol. The van der Waals surface area contributed by atoms with Crippen LogP contribution < -0.4 is 14.8 Å². The lowest BCUT2D eigenvalue weighted by Gasteiger charge is -2.20. The average Bonchev–Trinajstić information content (AvgIpc) is 2.61. The van der Waals surface area contributed by atoms with Crippen molar-refractivity contribution in [3.05, 3.63) is 50.4 Å². The van der Waals surface area contributed by atoms with Crippen molar-refractivity contribution in [2.45, 2.75) is 39.0 Å². The monoisotopic (exact) mass is 497 g/mol. The van der Waals surface area contributed by atoms with Crippen LogP contribution in [0.5, 0.6) is 11.5 Å². The smallest absolute Gasteiger partial charge is 0.224 e. The third kappa shape index (κ3) is 5.72. The third-order valence-electron chi connectivity index (χ3n) is 4.28. The molecule has 0 aliphatic rings. The first-order valence-corrected chi connectivity index (χ1v) is 10.2. The van der Waals surface area contributed by atoms with Crippen LogP contribution in [0, 0.1) is 0 Å². The number of hydrogen-bond donors (Lipinski definition) is 1. The topological polar surface area (TPSA) is 47.6 Å². The summed E-state index contributed by atoms with van der Waals surface area (Å²) < 4.78 is 12.4. The highest BCUT2D eigenvalue weighted by atomic mass is 79.9. The normalized spacial score (nSPS) is 11.2. The van der Waals surface area contributed by atoms with Crippen LogP contribution in [0.25, 0.3) is 0 Å². The maximum atomic E-state index is 12.4. The number of carbonyl (C=O) groups is 1. The number of nitrogens with one attached hydrogen (secondary N) is 1. The van der Waals surface area contributed by atoms with Crippen LogP contribution in [0.15, 0.2) is 39.3 Å². The number of rotatable bonds is 6. The van der Waals surface area contributed by atoms with E-state index in [-0.39, 0.29) is 11.3 Å². The molecule has 0 aromatic heterocycles. The number of hydrogen-bond acceptors (Lipinski definition) is 3. The molecule has 0 aliphatic carbocycles. The van der Waals surface area contributed by atoms with Gasteiger partial charge in [0.15, 0.2) is 11.5 Å². The minimum Gasteiger partial charge on any atom is -0.493 e. The van der Waals surface area contributed by atoms with E-state index in [9.17, 15) is 4.79 Å². The second kappa shape index (κ2) is 9.11. The molecule has 4 nitrogen and oxygen atoms in total. The first-order chi connectivity index (χ1) is 12.7. The molecule has 2 aromatic rings. The van der Waals surface area contributed by atoms with Crippen molar-refractivity contribution in [3.63, 3.8) is 0 Å². The molecule has 2 rings (SSSR count). The standard InChI is InChI=1S/C21H25Br2NO3/c1-21(2,3)14-7-8-17(16(23)11-14)24-20(25)9-6-13-10-18(26-4)19(27-5)12-15(13)22/h7-8,10-12H,6,9H2,1-5H3,(H,24,25). The Balaban J connectivity index is 2.05. The van der Waals surface area contributed by atoms with Crippen LogP contribution in [-0.2, 0) is 16.6 Å². The molecule has 0 bridgehead atoms. The molecule has 0 aliphatic heterocycles. The number of amides is 1. The predicted octanol–water partition coefficient (Wildman–Crippen LogP) is 6.10. The van der Waals surface area contributed by atoms with E-state index >= 15 is 0 Å². The molecule has 6 heteroatoms. The van der Waals surface area contributed by atoms with Crippen LogP contribution in [-0.4, -0.2) is 20.1 Å². The van der Waals surface area contributed by atoms with Crippen molar-refractivity contribution >= 4 is 43.5 Å². The third-order valence-corrected chi connectivity index (χ3v) is 5.68. The van der Waals surface area contributed by atoms with E-state index in [1.807, 2.05) is 24.3 Å². The van der Waals surface area contributed by atoms with Crippen LogP contribution in [0.2, 0.25) is 0 Å². The average molecular weight is 499 g/mol. The maximum Gasteiger partial charge on any atom is 0.224 e. The molecule has 0 saturated heterocycles. The van der Waals surface area contributed by atoms with Gasteiger partial charge in [0, 0.05) is 15.4 Å². The first kappa shape index (κ1) is 21.8. The Labute approximate surface area is 177 Å². The lowest BCUT2D eigenvalue weighted by Crippen LogP contribution is -2.14. The minimum atomic E-state index is -0.0408. The van der Waals surface area contributed by atoms with Crippen LogP contribution in [0.1, 0.15) is 38.3 Å². The molecule has 146 valence electrons. The summed E-state index contributed by atoms with van der Waals surface area (Å²) in [5.41, 5.74) is 3.04. The lowest BCUT2D eigenvalue weighted by atomic mass is 9.87. The summed E-state index contributed by atoms with van der Waals surface area (Å²) in [5, 5.41) is 2.97. The zero-order valence-electron chi connectivity index (χ0n) is 16.3. The summed E-state index contributed by atoms with van der Waals surface area (Å²) in [6.45, 7) is 6.48. The largest absolute Gasteiger partial charge is 0.493 e. The molecule has 0 atom stereocenters. The van der Waals surface area contributed by atoms with Gasteiger partial charge in [0.05, 0.1) is 19.9 Å². The van der Waals surface area contributed by atoms with Crippen LogP contribution in [0.3, 0.4) is 0 Å². The highest BCUT2D eigenvalue weighted by Gasteiger charge is 2.16. The van der Waals surface area contributed by atoms with E-state index in [0.717, 1.165) is 20.2 Å². The summed E-state index contributed by atoms with van der Waals surface area (Å²) >= 11 is 7.09. The van der Waals surface area contributed by atoms with Crippen molar-refractivity contribution in [1.82, 2.24) is 0 Å². The van der Waals surface area contributed by atoms with E-state index < -0.39 is 0 Å². The van der Waals surface area contributed by atoms with Crippen molar-refractivity contribution in [1.29, 1.82) is 0 Å². The molecule has 2 aromatic carbocycles. The molecule has 27 heavy (non-hydrogen) atoms. The Morgan fingerprint density at radius 2 is 1.63 bits per heavy atom. The Hall–Kier alpha value is -1.53. The number of methoxy groups -OCH3 is 2. The van der Waals surface area contributed by atoms with E-state index in [1.165, 1.54) is 5.56 Å². The van der Waals surface area contributed by atoms with E-state index in [4.69, 9.17) is 9.47 Å². The number of ether oxygens (including phenoxy) is 2. The van der Waals surface area contributed by atoms with Gasteiger partial charge in [-0.25, -0.2) is 0 Å². The van der Waals surface area contributed by atoms with Gasteiger partial charge in [-0.2, -0.15) is 0 Å². The summed E-state index contributed by atoms with van der Waals surface area (Å²) in [6, 6.07) is 9.79. The van der Waals surface area contributed by atoms with Gasteiger partial charge < -0.3 is 14.8 Å². The minimum absolute atomic E-state index is 0.0408. The van der Waals surface area contributed by atoms with Crippen molar-refractivity contribution in [3.8, 4) is 11.5 Å². The summed E-state index contributed by atoms with van der Waals surface area (Å²) in [5.74, 6) is 1.26. The molecule has 0 fully saturated rings. The lowest BCUT2D eigenvalue weighted by molar-refractivity contribution is -0.116. The highest BCUT2D eigenvalue weighted by molar-refractivity contribution is 9.10. The van der Waals surface area contributed by atoms with Crippen LogP contribution in [0.4, 0.5) is 5.69 Å². The second-order valence-electron chi connectivity index (χ2n) is 7.29. The number of anilines is 1. The highest BCUT2D eigenvalue weighted by Crippen LogP contribution is 2.34. The number of halogens is 2. The van der Waals surface area contributed by atoms with E-state index in [0.29, 0.717) is 24.3 Å². The maximum absolute atomic E-state index is 12.4. The van der Waals surface area contributed by atoms with Gasteiger partial charge in [-0.1, -0.05) is 42.8 Å². The van der Waals surface area contributed by atoms with Crippen molar-refractivity contribution < 1.29 is 14.3 Å². The number of aryl methyl sites for hydroxylation is 1. The molecule has 1 N–H and O–H groups in total. The van der Waals surface area contributed by atoms with Gasteiger partial charge >= 0.3 is 0 Å². The predicted molar refractivity (Wildman–Crippen MR) is 117 cm³/mol. The first-order valence-electron chi connectivity index (χ1n) is 8.66. The van der Waals surface area contributed by atoms with E-state index in [1.54, 1.807) is 14.2 Å². The Bertz CT molecular complexity index is 829. The fraction of sp³-hybridized carbons (Fsp3) is 0.381. The van der Waals surface area contributed by atoms with Crippen molar-refractivity contribution in [2.24, 2.45) is 0 Å². The molecule has 0 radical (unpaired) electrons. The number of carbonyl (C=O) groups excluding carboxylic acids is 1. The van der Waals surface area contributed by atoms with Gasteiger partial charge in [0.2, 0.25) is 5.91 Å². The second-order valence-corrected chi connectivity index (χ2v) is 9.00. The van der Waals surface area contributed by atoms with Gasteiger partial charge in [-0.15, -0.1) is 0 Å². The zero-order valence-corrected chi connectivity index (χ0v) is 19.5. The molecule has 0 heterocycles. The molecule has 0 spiro atoms. The van der Waals surface area contributed by atoms with E-state index in [2.05, 4.69) is 64.0 Å². The Morgan fingerprint density at radius 3 is 2.19 bits per heavy atom. The fourth-order valence-corrected chi connectivity index (χ4v) is 3.63. The molecule has 1 amide bonds. The Kier molecular flexibility index (Phi) is 7.34. The fourth-order valence-electron chi connectivity index (χ4n) is 2.63. The van der Waals surface area contributed by atoms with Crippen molar-refractivity contribution in [2.75, 3.05) is 19.5 Å². The quantitative estimate of drug-likeness (QED) is 0.523. The van der Waals surface area contributed by atoms with Gasteiger partial charge in [-0.05, 0) is 63.2 Å². The molecule has 0 unspecified atom stereocenters. The summed E-state index contributed by atoms with van der Waals surface area (Å²) in [7, 11) is 3.20. The molecular formula is C21H25Br2NO3. The zero-order chi connectivity index (χ0) is 20.2. The van der Waals surface area contributed by atoms with Crippen LogP contribution >= 0.6 is 31.9 Å².